The highest BCUT2D eigenvalue weighted by molar-refractivity contribution is 5.85. The second-order valence-corrected chi connectivity index (χ2v) is 6.91. The number of aryl methyl sites for hydroxylation is 1. The summed E-state index contributed by atoms with van der Waals surface area (Å²) in [5, 5.41) is 6.40. The Balaban J connectivity index is 0.00000288. The first-order valence-electron chi connectivity index (χ1n) is 8.73. The van der Waals surface area contributed by atoms with Gasteiger partial charge in [-0.1, -0.05) is 26.0 Å². The summed E-state index contributed by atoms with van der Waals surface area (Å²) in [5.74, 6) is 1.69. The van der Waals surface area contributed by atoms with Gasteiger partial charge in [-0.05, 0) is 68.8 Å². The molecule has 2 atom stereocenters. The van der Waals surface area contributed by atoms with Gasteiger partial charge in [-0.15, -0.1) is 12.4 Å². The minimum atomic E-state index is -0.481. The second-order valence-electron chi connectivity index (χ2n) is 6.91. The summed E-state index contributed by atoms with van der Waals surface area (Å²) < 4.78 is 5.96. The molecule has 0 radical (unpaired) electrons. The van der Waals surface area contributed by atoms with Crippen molar-refractivity contribution < 1.29 is 9.53 Å². The lowest BCUT2D eigenvalue weighted by atomic mass is 9.99. The van der Waals surface area contributed by atoms with Crippen molar-refractivity contribution in [2.45, 2.75) is 52.6 Å². The second kappa shape index (κ2) is 9.90. The predicted octanol–water partition coefficient (Wildman–Crippen LogP) is 3.42. The summed E-state index contributed by atoms with van der Waals surface area (Å²) in [5.41, 5.74) is 2.29. The van der Waals surface area contributed by atoms with Crippen molar-refractivity contribution >= 4 is 18.3 Å². The zero-order chi connectivity index (χ0) is 16.8. The molecule has 1 saturated heterocycles. The average molecular weight is 355 g/mol. The van der Waals surface area contributed by atoms with Crippen LogP contribution in [0, 0.1) is 12.8 Å². The molecular formula is C19H31ClN2O2. The Morgan fingerprint density at radius 2 is 2.12 bits per heavy atom. The number of amides is 1. The molecule has 1 heterocycles. The summed E-state index contributed by atoms with van der Waals surface area (Å²) in [4.78, 5) is 12.3. The molecule has 0 spiro atoms. The van der Waals surface area contributed by atoms with Crippen LogP contribution in [-0.2, 0) is 4.79 Å². The van der Waals surface area contributed by atoms with Crippen molar-refractivity contribution in [3.05, 3.63) is 29.3 Å². The van der Waals surface area contributed by atoms with Crippen LogP contribution in [0.2, 0.25) is 0 Å². The molecule has 1 aromatic carbocycles. The first kappa shape index (κ1) is 20.8. The summed E-state index contributed by atoms with van der Waals surface area (Å²) >= 11 is 0. The van der Waals surface area contributed by atoms with Gasteiger partial charge in [-0.3, -0.25) is 4.79 Å². The SMILES string of the molecule is Cc1ccc(C(C)C)c(OC(C)C(=O)NCC2CCCNC2)c1.Cl. The van der Waals surface area contributed by atoms with E-state index in [1.54, 1.807) is 0 Å². The molecule has 1 fully saturated rings. The molecule has 2 rings (SSSR count). The molecule has 5 heteroatoms. The molecule has 2 N–H and O–H groups in total. The normalized spacial score (nSPS) is 18.6. The van der Waals surface area contributed by atoms with Gasteiger partial charge in [0.1, 0.15) is 5.75 Å². The van der Waals surface area contributed by atoms with Gasteiger partial charge >= 0.3 is 0 Å². The summed E-state index contributed by atoms with van der Waals surface area (Å²) in [6, 6.07) is 6.20. The van der Waals surface area contributed by atoms with Crippen LogP contribution in [0.3, 0.4) is 0 Å². The van der Waals surface area contributed by atoms with Crippen LogP contribution in [0.4, 0.5) is 0 Å². The number of hydrogen-bond donors (Lipinski definition) is 2. The minimum absolute atomic E-state index is 0. The number of piperidine rings is 1. The molecule has 1 aliphatic rings. The average Bonchev–Trinajstić information content (AvgIpc) is 2.53. The maximum Gasteiger partial charge on any atom is 0.260 e. The molecule has 1 aliphatic heterocycles. The number of carbonyl (C=O) groups excluding carboxylic acids is 1. The van der Waals surface area contributed by atoms with Gasteiger partial charge in [0.15, 0.2) is 6.10 Å². The van der Waals surface area contributed by atoms with Crippen LogP contribution >= 0.6 is 12.4 Å². The first-order valence-corrected chi connectivity index (χ1v) is 8.73. The maximum atomic E-state index is 12.3. The summed E-state index contributed by atoms with van der Waals surface area (Å²) in [6.07, 6.45) is 1.89. The van der Waals surface area contributed by atoms with E-state index in [0.717, 1.165) is 36.5 Å². The van der Waals surface area contributed by atoms with Gasteiger partial charge in [0.25, 0.3) is 5.91 Å². The number of benzene rings is 1. The van der Waals surface area contributed by atoms with Crippen LogP contribution in [0.5, 0.6) is 5.75 Å². The molecule has 0 aliphatic carbocycles. The molecule has 0 saturated carbocycles. The summed E-state index contributed by atoms with van der Waals surface area (Å²) in [7, 11) is 0. The van der Waals surface area contributed by atoms with Crippen molar-refractivity contribution in [3.8, 4) is 5.75 Å². The van der Waals surface area contributed by atoms with Crippen LogP contribution in [0.1, 0.15) is 50.7 Å². The highest BCUT2D eigenvalue weighted by Crippen LogP contribution is 2.28. The fourth-order valence-electron chi connectivity index (χ4n) is 2.95. The van der Waals surface area contributed by atoms with E-state index >= 15 is 0 Å². The lowest BCUT2D eigenvalue weighted by Crippen LogP contribution is -2.42. The van der Waals surface area contributed by atoms with E-state index in [1.165, 1.54) is 12.8 Å². The Morgan fingerprint density at radius 1 is 1.38 bits per heavy atom. The van der Waals surface area contributed by atoms with E-state index in [1.807, 2.05) is 19.9 Å². The Labute approximate surface area is 152 Å². The van der Waals surface area contributed by atoms with E-state index in [4.69, 9.17) is 4.74 Å². The highest BCUT2D eigenvalue weighted by atomic mass is 35.5. The highest BCUT2D eigenvalue weighted by Gasteiger charge is 2.19. The quantitative estimate of drug-likeness (QED) is 0.823. The largest absolute Gasteiger partial charge is 0.481 e. The number of hydrogen-bond acceptors (Lipinski definition) is 3. The topological polar surface area (TPSA) is 50.4 Å². The van der Waals surface area contributed by atoms with Crippen LogP contribution in [0.15, 0.2) is 18.2 Å². The Morgan fingerprint density at radius 3 is 2.75 bits per heavy atom. The molecule has 1 aromatic rings. The van der Waals surface area contributed by atoms with Gasteiger partial charge in [0, 0.05) is 6.54 Å². The predicted molar refractivity (Wildman–Crippen MR) is 101 cm³/mol. The molecule has 0 aromatic heterocycles. The molecule has 2 unspecified atom stereocenters. The van der Waals surface area contributed by atoms with Crippen molar-refractivity contribution in [2.75, 3.05) is 19.6 Å². The molecule has 4 nitrogen and oxygen atoms in total. The van der Waals surface area contributed by atoms with E-state index in [2.05, 4.69) is 36.6 Å². The standard InChI is InChI=1S/C19H30N2O2.ClH/c1-13(2)17-8-7-14(3)10-18(17)23-15(4)19(22)21-12-16-6-5-9-20-11-16;/h7-8,10,13,15-16,20H,5-6,9,11-12H2,1-4H3,(H,21,22);1H. The minimum Gasteiger partial charge on any atom is -0.481 e. The van der Waals surface area contributed by atoms with E-state index < -0.39 is 6.10 Å². The third-order valence-electron chi connectivity index (χ3n) is 4.43. The molecule has 24 heavy (non-hydrogen) atoms. The van der Waals surface area contributed by atoms with E-state index in [-0.39, 0.29) is 18.3 Å². The Kier molecular flexibility index (Phi) is 8.57. The lowest BCUT2D eigenvalue weighted by Gasteiger charge is -2.24. The number of nitrogens with one attached hydrogen (secondary N) is 2. The van der Waals surface area contributed by atoms with E-state index in [0.29, 0.717) is 11.8 Å². The molecule has 136 valence electrons. The van der Waals surface area contributed by atoms with Crippen molar-refractivity contribution in [2.24, 2.45) is 5.92 Å². The van der Waals surface area contributed by atoms with Crippen molar-refractivity contribution in [1.82, 2.24) is 10.6 Å². The fourth-order valence-corrected chi connectivity index (χ4v) is 2.95. The van der Waals surface area contributed by atoms with Gasteiger partial charge in [-0.2, -0.15) is 0 Å². The Bertz CT molecular complexity index is 528. The maximum absolute atomic E-state index is 12.3. The van der Waals surface area contributed by atoms with Gasteiger partial charge in [-0.25, -0.2) is 0 Å². The smallest absolute Gasteiger partial charge is 0.260 e. The van der Waals surface area contributed by atoms with E-state index in [9.17, 15) is 4.79 Å². The Hall–Kier alpha value is -1.26. The first-order chi connectivity index (χ1) is 11.0. The van der Waals surface area contributed by atoms with Crippen LogP contribution < -0.4 is 15.4 Å². The van der Waals surface area contributed by atoms with Crippen molar-refractivity contribution in [1.29, 1.82) is 0 Å². The van der Waals surface area contributed by atoms with Gasteiger partial charge in [0.05, 0.1) is 0 Å². The van der Waals surface area contributed by atoms with Crippen LogP contribution in [-0.4, -0.2) is 31.6 Å². The third-order valence-corrected chi connectivity index (χ3v) is 4.43. The van der Waals surface area contributed by atoms with Gasteiger partial charge < -0.3 is 15.4 Å². The third kappa shape index (κ3) is 5.99. The zero-order valence-electron chi connectivity index (χ0n) is 15.2. The lowest BCUT2D eigenvalue weighted by molar-refractivity contribution is -0.127. The molecule has 0 bridgehead atoms. The fraction of sp³-hybridized carbons (Fsp3) is 0.632. The van der Waals surface area contributed by atoms with Gasteiger partial charge in [0.2, 0.25) is 0 Å². The molecular weight excluding hydrogens is 324 g/mol. The van der Waals surface area contributed by atoms with Crippen molar-refractivity contribution in [3.63, 3.8) is 0 Å². The van der Waals surface area contributed by atoms with Crippen LogP contribution in [0.25, 0.3) is 0 Å². The number of rotatable bonds is 6. The molecule has 1 amide bonds. The number of ether oxygens (including phenoxy) is 1. The summed E-state index contributed by atoms with van der Waals surface area (Å²) in [6.45, 7) is 10.9. The monoisotopic (exact) mass is 354 g/mol. The number of halogens is 1. The number of carbonyl (C=O) groups is 1. The zero-order valence-corrected chi connectivity index (χ0v) is 16.0.